The largest absolute Gasteiger partial charge is 0.369 e. The molecule has 0 amide bonds. The van der Waals surface area contributed by atoms with E-state index in [0.29, 0.717) is 30.5 Å². The molecule has 146 valence electrons. The van der Waals surface area contributed by atoms with Crippen LogP contribution in [-0.2, 0) is 23.4 Å². The van der Waals surface area contributed by atoms with Crippen LogP contribution in [0.1, 0.15) is 12.5 Å². The fraction of sp³-hybridized carbons (Fsp3) is 0.429. The van der Waals surface area contributed by atoms with Gasteiger partial charge in [-0.3, -0.25) is 4.18 Å². The summed E-state index contributed by atoms with van der Waals surface area (Å²) in [6, 6.07) is 5.40. The minimum atomic E-state index is -3.24. The number of hydrogen-bond acceptors (Lipinski definition) is 11. The molecule has 0 aliphatic heterocycles. The second-order valence-electron chi connectivity index (χ2n) is 4.56. The molecule has 0 saturated carbocycles. The SMILES string of the molecule is C=CS(=O)(=O)CCNc1cc(C)cc(NCCOSOOO)n1.CC#N. The first-order valence-electron chi connectivity index (χ1n) is 7.27. The van der Waals surface area contributed by atoms with Crippen molar-refractivity contribution in [3.8, 4) is 6.07 Å². The van der Waals surface area contributed by atoms with Gasteiger partial charge in [0, 0.05) is 25.4 Å². The van der Waals surface area contributed by atoms with Gasteiger partial charge in [-0.25, -0.2) is 18.7 Å². The highest BCUT2D eigenvalue weighted by molar-refractivity contribution is 7.94. The lowest BCUT2D eigenvalue weighted by Crippen LogP contribution is -2.15. The van der Waals surface area contributed by atoms with Crippen molar-refractivity contribution in [2.45, 2.75) is 13.8 Å². The lowest BCUT2D eigenvalue weighted by atomic mass is 10.3. The van der Waals surface area contributed by atoms with E-state index in [4.69, 9.17) is 14.7 Å². The Morgan fingerprint density at radius 2 is 1.96 bits per heavy atom. The quantitative estimate of drug-likeness (QED) is 0.203. The number of aromatic nitrogens is 1. The van der Waals surface area contributed by atoms with Gasteiger partial charge in [0.15, 0.2) is 22.2 Å². The number of pyridine rings is 1. The maximum atomic E-state index is 11.3. The summed E-state index contributed by atoms with van der Waals surface area (Å²) >= 11 is 0.500. The smallest absolute Gasteiger partial charge is 0.197 e. The third-order valence-electron chi connectivity index (χ3n) is 2.51. The van der Waals surface area contributed by atoms with Gasteiger partial charge in [-0.05, 0) is 24.6 Å². The monoisotopic (exact) mass is 406 g/mol. The van der Waals surface area contributed by atoms with Gasteiger partial charge in [-0.2, -0.15) is 5.26 Å². The summed E-state index contributed by atoms with van der Waals surface area (Å²) in [5.41, 5.74) is 0.962. The van der Waals surface area contributed by atoms with E-state index in [-0.39, 0.29) is 18.9 Å². The first-order valence-corrected chi connectivity index (χ1v) is 9.65. The second-order valence-corrected chi connectivity index (χ2v) is 7.13. The van der Waals surface area contributed by atoms with Crippen LogP contribution < -0.4 is 10.6 Å². The van der Waals surface area contributed by atoms with Crippen molar-refractivity contribution in [1.29, 1.82) is 5.26 Å². The first-order chi connectivity index (χ1) is 12.4. The molecule has 26 heavy (non-hydrogen) atoms. The molecule has 10 nitrogen and oxygen atoms in total. The van der Waals surface area contributed by atoms with Gasteiger partial charge in [0.05, 0.1) is 18.4 Å². The Bertz CT molecular complexity index is 679. The average Bonchev–Trinajstić information content (AvgIpc) is 2.58. The maximum absolute atomic E-state index is 11.3. The fourth-order valence-corrected chi connectivity index (χ4v) is 2.31. The Kier molecular flexibility index (Phi) is 13.3. The van der Waals surface area contributed by atoms with E-state index in [1.54, 1.807) is 6.07 Å². The number of aryl methyl sites for hydroxylation is 1. The molecule has 0 spiro atoms. The van der Waals surface area contributed by atoms with Crippen molar-refractivity contribution in [2.75, 3.05) is 36.1 Å². The van der Waals surface area contributed by atoms with Crippen molar-refractivity contribution in [1.82, 2.24) is 4.98 Å². The highest BCUT2D eigenvalue weighted by Gasteiger charge is 2.05. The zero-order chi connectivity index (χ0) is 19.8. The summed E-state index contributed by atoms with van der Waals surface area (Å²) in [5.74, 6) is 1.14. The van der Waals surface area contributed by atoms with Crippen molar-refractivity contribution in [3.63, 3.8) is 0 Å². The number of nitrogens with one attached hydrogen (secondary N) is 2. The van der Waals surface area contributed by atoms with E-state index < -0.39 is 9.84 Å². The van der Waals surface area contributed by atoms with Crippen molar-refractivity contribution < 1.29 is 27.2 Å². The minimum absolute atomic E-state index is 0.0487. The molecule has 1 aromatic heterocycles. The molecule has 0 atom stereocenters. The van der Waals surface area contributed by atoms with Crippen LogP contribution in [0, 0.1) is 18.3 Å². The Labute approximate surface area is 157 Å². The van der Waals surface area contributed by atoms with E-state index in [9.17, 15) is 8.42 Å². The highest BCUT2D eigenvalue weighted by atomic mass is 32.2. The molecule has 0 fully saturated rings. The number of sulfone groups is 1. The van der Waals surface area contributed by atoms with Crippen LogP contribution in [0.4, 0.5) is 11.6 Å². The second kappa shape index (κ2) is 14.3. The topological polar surface area (TPSA) is 143 Å². The molecule has 0 saturated heterocycles. The van der Waals surface area contributed by atoms with Crippen LogP contribution in [0.5, 0.6) is 0 Å². The van der Waals surface area contributed by atoms with E-state index in [1.807, 2.05) is 19.1 Å². The molecule has 0 radical (unpaired) electrons. The van der Waals surface area contributed by atoms with Gasteiger partial charge < -0.3 is 10.6 Å². The molecule has 0 aromatic carbocycles. The van der Waals surface area contributed by atoms with E-state index in [1.165, 1.54) is 6.92 Å². The number of nitrogens with zero attached hydrogens (tertiary/aromatic N) is 2. The lowest BCUT2D eigenvalue weighted by molar-refractivity contribution is -0.434. The number of anilines is 2. The Morgan fingerprint density at radius 1 is 1.38 bits per heavy atom. The summed E-state index contributed by atoms with van der Waals surface area (Å²) in [4.78, 5) is 4.31. The molecule has 3 N–H and O–H groups in total. The van der Waals surface area contributed by atoms with Gasteiger partial charge >= 0.3 is 0 Å². The van der Waals surface area contributed by atoms with Crippen molar-refractivity contribution in [2.24, 2.45) is 0 Å². The summed E-state index contributed by atoms with van der Waals surface area (Å²) in [6.45, 7) is 7.56. The fourth-order valence-electron chi connectivity index (χ4n) is 1.54. The summed E-state index contributed by atoms with van der Waals surface area (Å²) in [5, 5.41) is 25.5. The standard InChI is InChI=1S/C12H19N3O6S2.C2H3N/c1-3-23(17,18)7-5-14-12-9-10(2)8-11(15-12)13-4-6-19-22-21-20-16;1-2-3/h3,8-9,16H,1,4-7H2,2H3,(H2,13,14,15);1H3. The Balaban J connectivity index is 0.00000194. The molecule has 0 bridgehead atoms. The third-order valence-corrected chi connectivity index (χ3v) is 4.17. The van der Waals surface area contributed by atoms with Gasteiger partial charge in [0.1, 0.15) is 11.6 Å². The average molecular weight is 406 g/mol. The summed E-state index contributed by atoms with van der Waals surface area (Å²) < 4.78 is 31.6. The van der Waals surface area contributed by atoms with Crippen LogP contribution in [0.25, 0.3) is 0 Å². The van der Waals surface area contributed by atoms with E-state index >= 15 is 0 Å². The molecule has 1 aromatic rings. The van der Waals surface area contributed by atoms with Gasteiger partial charge in [0.2, 0.25) is 0 Å². The zero-order valence-electron chi connectivity index (χ0n) is 14.5. The minimum Gasteiger partial charge on any atom is -0.369 e. The van der Waals surface area contributed by atoms with Crippen LogP contribution in [0.3, 0.4) is 0 Å². The molecule has 1 heterocycles. The van der Waals surface area contributed by atoms with Crippen LogP contribution >= 0.6 is 12.3 Å². The summed E-state index contributed by atoms with van der Waals surface area (Å²) in [6.07, 6.45) is 0. The first kappa shape index (κ1) is 24.1. The van der Waals surface area contributed by atoms with E-state index in [0.717, 1.165) is 11.0 Å². The normalized spacial score (nSPS) is 10.2. The zero-order valence-corrected chi connectivity index (χ0v) is 16.1. The number of nitriles is 1. The predicted molar refractivity (Wildman–Crippen MR) is 99.6 cm³/mol. The van der Waals surface area contributed by atoms with Crippen LogP contribution in [-0.4, -0.2) is 44.1 Å². The molecule has 12 heteroatoms. The summed E-state index contributed by atoms with van der Waals surface area (Å²) in [7, 11) is -3.24. The molecular weight excluding hydrogens is 384 g/mol. The van der Waals surface area contributed by atoms with Crippen LogP contribution in [0.15, 0.2) is 24.1 Å². The van der Waals surface area contributed by atoms with Gasteiger partial charge in [0.25, 0.3) is 0 Å². The van der Waals surface area contributed by atoms with Crippen molar-refractivity contribution in [3.05, 3.63) is 29.7 Å². The lowest BCUT2D eigenvalue weighted by Gasteiger charge is -2.10. The Hall–Kier alpha value is -1.88. The Morgan fingerprint density at radius 3 is 2.50 bits per heavy atom. The molecule has 0 unspecified atom stereocenters. The van der Waals surface area contributed by atoms with Crippen molar-refractivity contribution >= 4 is 33.8 Å². The predicted octanol–water partition coefficient (Wildman–Crippen LogP) is 2.30. The number of rotatable bonds is 12. The molecule has 0 aliphatic carbocycles. The highest BCUT2D eigenvalue weighted by Crippen LogP contribution is 2.13. The third kappa shape index (κ3) is 12.5. The van der Waals surface area contributed by atoms with Crippen LogP contribution in [0.2, 0.25) is 0 Å². The molecule has 1 rings (SSSR count). The van der Waals surface area contributed by atoms with Gasteiger partial charge in [-0.1, -0.05) is 11.6 Å². The molecular formula is C14H22N4O6S2. The maximum Gasteiger partial charge on any atom is 0.197 e. The van der Waals surface area contributed by atoms with E-state index in [2.05, 4.69) is 31.6 Å². The number of hydrogen-bond donors (Lipinski definition) is 3. The molecule has 0 aliphatic rings. The van der Waals surface area contributed by atoms with Gasteiger partial charge in [-0.15, -0.1) is 4.33 Å².